The molecule has 6 nitrogen and oxygen atoms in total. The van der Waals surface area contributed by atoms with Crippen molar-refractivity contribution in [2.75, 3.05) is 20.3 Å². The fourth-order valence-electron chi connectivity index (χ4n) is 2.12. The van der Waals surface area contributed by atoms with Crippen LogP contribution >= 0.6 is 0 Å². The van der Waals surface area contributed by atoms with Gasteiger partial charge < -0.3 is 18.9 Å². The van der Waals surface area contributed by atoms with Gasteiger partial charge in [0.2, 0.25) is 0 Å². The number of hydrogen-bond donors (Lipinski definition) is 0. The average Bonchev–Trinajstić information content (AvgIpc) is 2.64. The molecule has 130 valence electrons. The van der Waals surface area contributed by atoms with Gasteiger partial charge >= 0.3 is 11.9 Å². The highest BCUT2D eigenvalue weighted by atomic mass is 16.6. The maximum Gasteiger partial charge on any atom is 0.335 e. The molecule has 0 radical (unpaired) electrons. The molecule has 0 aromatic heterocycles. The Kier molecular flexibility index (Phi) is 6.31. The number of esters is 2. The van der Waals surface area contributed by atoms with Crippen molar-refractivity contribution >= 4 is 22.7 Å². The van der Waals surface area contributed by atoms with Crippen molar-refractivity contribution in [3.05, 3.63) is 55.6 Å². The Balaban J connectivity index is 2.59. The van der Waals surface area contributed by atoms with Gasteiger partial charge in [-0.3, -0.25) is 0 Å². The number of carbonyl (C=O) groups is 2. The van der Waals surface area contributed by atoms with Crippen LogP contribution in [0.25, 0.3) is 10.8 Å². The lowest BCUT2D eigenvalue weighted by molar-refractivity contribution is -0.130. The first-order valence-corrected chi connectivity index (χ1v) is 7.46. The van der Waals surface area contributed by atoms with Crippen molar-refractivity contribution in [3.63, 3.8) is 0 Å². The SMILES string of the molecule is C=CC(=O)Oc1cc(OCCOC)c(OC(=O)C=C)c2ccccc12. The quantitative estimate of drug-likeness (QED) is 0.318. The molecule has 0 bridgehead atoms. The Bertz CT molecular complexity index is 809. The average molecular weight is 342 g/mol. The number of carbonyl (C=O) groups excluding carboxylic acids is 2. The summed E-state index contributed by atoms with van der Waals surface area (Å²) in [5.41, 5.74) is 0. The normalized spacial score (nSPS) is 10.1. The molecule has 2 aromatic carbocycles. The standard InChI is InChI=1S/C19H18O6/c1-4-17(20)24-15-12-16(23-11-10-22-3)19(25-18(21)5-2)14-9-7-6-8-13(14)15/h4-9,12H,1-2,10-11H2,3H3. The van der Waals surface area contributed by atoms with Gasteiger partial charge in [-0.05, 0) is 0 Å². The summed E-state index contributed by atoms with van der Waals surface area (Å²) < 4.78 is 21.2. The van der Waals surface area contributed by atoms with Crippen molar-refractivity contribution in [1.29, 1.82) is 0 Å². The third-order valence-corrected chi connectivity index (χ3v) is 3.21. The van der Waals surface area contributed by atoms with Crippen LogP contribution < -0.4 is 14.2 Å². The Hall–Kier alpha value is -3.12. The van der Waals surface area contributed by atoms with E-state index in [0.717, 1.165) is 12.2 Å². The molecule has 0 fully saturated rings. The number of benzene rings is 2. The van der Waals surface area contributed by atoms with Crippen LogP contribution in [-0.2, 0) is 14.3 Å². The molecule has 0 N–H and O–H groups in total. The molecule has 0 aliphatic carbocycles. The Morgan fingerprint density at radius 2 is 1.60 bits per heavy atom. The molecular weight excluding hydrogens is 324 g/mol. The van der Waals surface area contributed by atoms with E-state index in [9.17, 15) is 9.59 Å². The van der Waals surface area contributed by atoms with E-state index in [1.165, 1.54) is 6.07 Å². The minimum Gasteiger partial charge on any atom is -0.487 e. The molecule has 6 heteroatoms. The van der Waals surface area contributed by atoms with E-state index >= 15 is 0 Å². The molecule has 0 unspecified atom stereocenters. The van der Waals surface area contributed by atoms with Crippen LogP contribution in [-0.4, -0.2) is 32.3 Å². The third-order valence-electron chi connectivity index (χ3n) is 3.21. The minimum atomic E-state index is -0.627. The predicted octanol–water partition coefficient (Wildman–Crippen LogP) is 3.05. The number of fused-ring (bicyclic) bond motifs is 1. The van der Waals surface area contributed by atoms with Gasteiger partial charge in [0.15, 0.2) is 11.5 Å². The minimum absolute atomic E-state index is 0.218. The van der Waals surface area contributed by atoms with E-state index in [4.69, 9.17) is 18.9 Å². The molecule has 0 aliphatic rings. The second kappa shape index (κ2) is 8.65. The van der Waals surface area contributed by atoms with Gasteiger partial charge in [0, 0.05) is 36.1 Å². The summed E-state index contributed by atoms with van der Waals surface area (Å²) in [5.74, 6) is -0.499. The number of ether oxygens (including phenoxy) is 4. The molecular formula is C19H18O6. The predicted molar refractivity (Wildman–Crippen MR) is 93.0 cm³/mol. The van der Waals surface area contributed by atoms with Gasteiger partial charge in [-0.1, -0.05) is 37.4 Å². The first kappa shape index (κ1) is 18.2. The van der Waals surface area contributed by atoms with E-state index in [0.29, 0.717) is 17.4 Å². The summed E-state index contributed by atoms with van der Waals surface area (Å²) in [4.78, 5) is 23.3. The van der Waals surface area contributed by atoms with Crippen molar-refractivity contribution in [2.24, 2.45) is 0 Å². The summed E-state index contributed by atoms with van der Waals surface area (Å²) in [6.07, 6.45) is 2.12. The van der Waals surface area contributed by atoms with Crippen LogP contribution in [0.1, 0.15) is 0 Å². The van der Waals surface area contributed by atoms with Crippen LogP contribution in [0, 0.1) is 0 Å². The third kappa shape index (κ3) is 4.45. The first-order chi connectivity index (χ1) is 12.1. The molecule has 0 saturated carbocycles. The highest BCUT2D eigenvalue weighted by Crippen LogP contribution is 2.41. The number of rotatable bonds is 8. The van der Waals surface area contributed by atoms with E-state index in [2.05, 4.69) is 13.2 Å². The monoisotopic (exact) mass is 342 g/mol. The summed E-state index contributed by atoms with van der Waals surface area (Å²) in [5, 5.41) is 1.14. The summed E-state index contributed by atoms with van der Waals surface area (Å²) in [7, 11) is 1.54. The zero-order chi connectivity index (χ0) is 18.2. The van der Waals surface area contributed by atoms with Gasteiger partial charge in [-0.15, -0.1) is 0 Å². The lowest BCUT2D eigenvalue weighted by Crippen LogP contribution is -2.10. The van der Waals surface area contributed by atoms with Crippen LogP contribution in [0.2, 0.25) is 0 Å². The zero-order valence-electron chi connectivity index (χ0n) is 13.8. The smallest absolute Gasteiger partial charge is 0.335 e. The van der Waals surface area contributed by atoms with Crippen molar-refractivity contribution in [3.8, 4) is 17.2 Å². The Morgan fingerprint density at radius 1 is 0.960 bits per heavy atom. The summed E-state index contributed by atoms with van der Waals surface area (Å²) in [6.45, 7) is 7.34. The molecule has 2 aromatic rings. The Morgan fingerprint density at radius 3 is 2.24 bits per heavy atom. The molecule has 0 saturated heterocycles. The van der Waals surface area contributed by atoms with Crippen molar-refractivity contribution in [1.82, 2.24) is 0 Å². The molecule has 0 amide bonds. The van der Waals surface area contributed by atoms with Gasteiger partial charge in [0.05, 0.1) is 6.61 Å². The van der Waals surface area contributed by atoms with E-state index in [1.807, 2.05) is 0 Å². The van der Waals surface area contributed by atoms with E-state index in [-0.39, 0.29) is 23.9 Å². The fourth-order valence-corrected chi connectivity index (χ4v) is 2.12. The maximum absolute atomic E-state index is 11.7. The van der Waals surface area contributed by atoms with Gasteiger partial charge in [-0.25, -0.2) is 9.59 Å². The van der Waals surface area contributed by atoms with Crippen LogP contribution in [0.5, 0.6) is 17.2 Å². The molecule has 0 atom stereocenters. The maximum atomic E-state index is 11.7. The highest BCUT2D eigenvalue weighted by molar-refractivity contribution is 5.99. The van der Waals surface area contributed by atoms with Gasteiger partial charge in [-0.2, -0.15) is 0 Å². The van der Waals surface area contributed by atoms with Crippen LogP contribution in [0.3, 0.4) is 0 Å². The highest BCUT2D eigenvalue weighted by Gasteiger charge is 2.18. The molecule has 0 aliphatic heterocycles. The molecule has 0 heterocycles. The summed E-state index contributed by atoms with van der Waals surface area (Å²) in [6, 6.07) is 8.51. The number of methoxy groups -OCH3 is 1. The topological polar surface area (TPSA) is 71.1 Å². The van der Waals surface area contributed by atoms with Crippen molar-refractivity contribution in [2.45, 2.75) is 0 Å². The zero-order valence-corrected chi connectivity index (χ0v) is 13.8. The largest absolute Gasteiger partial charge is 0.487 e. The van der Waals surface area contributed by atoms with Gasteiger partial charge in [0.25, 0.3) is 0 Å². The van der Waals surface area contributed by atoms with E-state index in [1.54, 1.807) is 31.4 Å². The molecule has 25 heavy (non-hydrogen) atoms. The van der Waals surface area contributed by atoms with Crippen molar-refractivity contribution < 1.29 is 28.5 Å². The number of hydrogen-bond acceptors (Lipinski definition) is 6. The molecule has 2 rings (SSSR count). The second-order valence-corrected chi connectivity index (χ2v) is 4.84. The fraction of sp³-hybridized carbons (Fsp3) is 0.158. The lowest BCUT2D eigenvalue weighted by atomic mass is 10.1. The molecule has 0 spiro atoms. The lowest BCUT2D eigenvalue weighted by Gasteiger charge is -2.16. The summed E-state index contributed by atoms with van der Waals surface area (Å²) >= 11 is 0. The van der Waals surface area contributed by atoms with E-state index < -0.39 is 11.9 Å². The van der Waals surface area contributed by atoms with Crippen LogP contribution in [0.15, 0.2) is 55.6 Å². The first-order valence-electron chi connectivity index (χ1n) is 7.46. The van der Waals surface area contributed by atoms with Gasteiger partial charge in [0.1, 0.15) is 12.4 Å². The van der Waals surface area contributed by atoms with Crippen LogP contribution in [0.4, 0.5) is 0 Å². The Labute approximate surface area is 145 Å². The second-order valence-electron chi connectivity index (χ2n) is 4.84.